The van der Waals surface area contributed by atoms with E-state index >= 15 is 0 Å². The average molecular weight is 409 g/mol. The van der Waals surface area contributed by atoms with Gasteiger partial charge in [0.1, 0.15) is 5.02 Å². The fraction of sp³-hybridized carbons (Fsp3) is 0. The maximum Gasteiger partial charge on any atom is 0.288 e. The summed E-state index contributed by atoms with van der Waals surface area (Å²) in [5.41, 5.74) is 2.76. The Morgan fingerprint density at radius 1 is 1.04 bits per heavy atom. The second kappa shape index (κ2) is 7.50. The van der Waals surface area contributed by atoms with E-state index in [1.54, 1.807) is 30.0 Å². The molecule has 1 N–H and O–H groups in total. The van der Waals surface area contributed by atoms with Crippen LogP contribution >= 0.6 is 23.4 Å². The molecule has 138 valence electrons. The summed E-state index contributed by atoms with van der Waals surface area (Å²) in [7, 11) is 0. The summed E-state index contributed by atoms with van der Waals surface area (Å²) in [4.78, 5) is 25.2. The number of nitro groups is 1. The number of fused-ring (bicyclic) bond motifs is 2. The largest absolute Gasteiger partial charge is 0.354 e. The van der Waals surface area contributed by atoms with Gasteiger partial charge in [-0.1, -0.05) is 47.6 Å². The van der Waals surface area contributed by atoms with E-state index in [0.29, 0.717) is 11.1 Å². The van der Waals surface area contributed by atoms with Crippen molar-refractivity contribution in [3.8, 4) is 0 Å². The van der Waals surface area contributed by atoms with Gasteiger partial charge in [-0.15, -0.1) is 0 Å². The highest BCUT2D eigenvalue weighted by atomic mass is 35.5. The number of carbonyl (C=O) groups is 1. The number of benzene rings is 3. The second-order valence-corrected chi connectivity index (χ2v) is 7.59. The molecule has 3 aromatic carbocycles. The van der Waals surface area contributed by atoms with Crippen LogP contribution in [0.4, 0.5) is 17.1 Å². The van der Waals surface area contributed by atoms with Gasteiger partial charge in [0.05, 0.1) is 16.3 Å². The van der Waals surface area contributed by atoms with Crippen LogP contribution in [0.25, 0.3) is 6.08 Å². The second-order valence-electron chi connectivity index (χ2n) is 6.10. The van der Waals surface area contributed by atoms with Gasteiger partial charge in [0.2, 0.25) is 0 Å². The highest BCUT2D eigenvalue weighted by Crippen LogP contribution is 2.44. The van der Waals surface area contributed by atoms with Gasteiger partial charge in [0.15, 0.2) is 5.78 Å². The minimum absolute atomic E-state index is 0.0621. The van der Waals surface area contributed by atoms with Crippen LogP contribution in [-0.2, 0) is 0 Å². The van der Waals surface area contributed by atoms with E-state index in [-0.39, 0.29) is 16.5 Å². The molecule has 0 atom stereocenters. The van der Waals surface area contributed by atoms with Crippen molar-refractivity contribution in [3.05, 3.63) is 93.0 Å². The Morgan fingerprint density at radius 3 is 2.64 bits per heavy atom. The Labute approximate surface area is 170 Å². The van der Waals surface area contributed by atoms with Crippen molar-refractivity contribution in [2.45, 2.75) is 9.79 Å². The van der Waals surface area contributed by atoms with Crippen molar-refractivity contribution < 1.29 is 9.72 Å². The Hall–Kier alpha value is -3.09. The number of carbonyl (C=O) groups excluding carboxylic acids is 1. The topological polar surface area (TPSA) is 72.2 Å². The van der Waals surface area contributed by atoms with E-state index in [4.69, 9.17) is 11.6 Å². The molecule has 1 heterocycles. The van der Waals surface area contributed by atoms with E-state index in [1.165, 1.54) is 18.2 Å². The number of allylic oxidation sites excluding steroid dienone is 1. The van der Waals surface area contributed by atoms with Crippen molar-refractivity contribution >= 4 is 52.3 Å². The number of hydrogen-bond donors (Lipinski definition) is 1. The number of nitrogens with one attached hydrogen (secondary N) is 1. The molecule has 28 heavy (non-hydrogen) atoms. The molecule has 0 aromatic heterocycles. The number of nitro benzene ring substituents is 1. The lowest BCUT2D eigenvalue weighted by molar-refractivity contribution is -0.384. The quantitative estimate of drug-likeness (QED) is 0.184. The number of ketones is 1. The molecular weight excluding hydrogens is 396 g/mol. The number of anilines is 2. The molecule has 5 nitrogen and oxygen atoms in total. The molecule has 7 heteroatoms. The SMILES string of the molecule is O=C(/C=C/c1ccc(Cl)c([N+](=O)[O-])c1)c1ccc2c(c1)Nc1ccccc1S2. The standard InChI is InChI=1S/C21H13ClN2O3S/c22-15-8-5-13(11-18(15)24(26)27)6-9-19(25)14-7-10-21-17(12-14)23-16-3-1-2-4-20(16)28-21/h1-12,23H/b9-6+. The van der Waals surface area contributed by atoms with Gasteiger partial charge in [0, 0.05) is 21.4 Å². The van der Waals surface area contributed by atoms with Gasteiger partial charge in [0.25, 0.3) is 5.69 Å². The first kappa shape index (κ1) is 18.3. The zero-order chi connectivity index (χ0) is 19.7. The summed E-state index contributed by atoms with van der Waals surface area (Å²) < 4.78 is 0. The summed E-state index contributed by atoms with van der Waals surface area (Å²) in [5.74, 6) is -0.189. The number of halogens is 1. The molecule has 0 fully saturated rings. The summed E-state index contributed by atoms with van der Waals surface area (Å²) in [6.07, 6.45) is 2.95. The number of para-hydroxylation sites is 1. The van der Waals surface area contributed by atoms with Crippen molar-refractivity contribution in [2.75, 3.05) is 5.32 Å². The van der Waals surface area contributed by atoms with Gasteiger partial charge in [-0.2, -0.15) is 0 Å². The van der Waals surface area contributed by atoms with Gasteiger partial charge >= 0.3 is 0 Å². The third-order valence-corrected chi connectivity index (χ3v) is 5.71. The van der Waals surface area contributed by atoms with E-state index < -0.39 is 4.92 Å². The Balaban J connectivity index is 1.56. The normalized spacial score (nSPS) is 12.2. The van der Waals surface area contributed by atoms with Crippen LogP contribution in [0.3, 0.4) is 0 Å². The maximum atomic E-state index is 12.6. The van der Waals surface area contributed by atoms with Gasteiger partial charge in [-0.05, 0) is 48.0 Å². The van der Waals surface area contributed by atoms with Crippen LogP contribution < -0.4 is 5.32 Å². The van der Waals surface area contributed by atoms with Crippen LogP contribution in [0.15, 0.2) is 76.5 Å². The first-order valence-electron chi connectivity index (χ1n) is 8.35. The third-order valence-electron chi connectivity index (χ3n) is 4.23. The Bertz CT molecular complexity index is 1140. The average Bonchev–Trinajstić information content (AvgIpc) is 2.70. The molecule has 0 amide bonds. The van der Waals surface area contributed by atoms with Gasteiger partial charge < -0.3 is 5.32 Å². The molecule has 1 aliphatic heterocycles. The highest BCUT2D eigenvalue weighted by molar-refractivity contribution is 7.99. The summed E-state index contributed by atoms with van der Waals surface area (Å²) >= 11 is 7.46. The molecule has 0 saturated heterocycles. The molecule has 3 aromatic rings. The monoisotopic (exact) mass is 408 g/mol. The van der Waals surface area contributed by atoms with Crippen molar-refractivity contribution in [1.29, 1.82) is 0 Å². The fourth-order valence-corrected chi connectivity index (χ4v) is 3.99. The lowest BCUT2D eigenvalue weighted by atomic mass is 10.1. The molecule has 4 rings (SSSR count). The summed E-state index contributed by atoms with van der Waals surface area (Å²) in [6, 6.07) is 17.9. The van der Waals surface area contributed by atoms with Crippen LogP contribution in [0.1, 0.15) is 15.9 Å². The zero-order valence-electron chi connectivity index (χ0n) is 14.4. The number of nitrogens with zero attached hydrogens (tertiary/aromatic N) is 1. The first-order valence-corrected chi connectivity index (χ1v) is 9.55. The smallest absolute Gasteiger partial charge is 0.288 e. The van der Waals surface area contributed by atoms with Gasteiger partial charge in [-0.25, -0.2) is 0 Å². The summed E-state index contributed by atoms with van der Waals surface area (Å²) in [5, 5.41) is 14.4. The predicted molar refractivity (Wildman–Crippen MR) is 112 cm³/mol. The van der Waals surface area contributed by atoms with Crippen LogP contribution in [0.5, 0.6) is 0 Å². The van der Waals surface area contributed by atoms with E-state index in [9.17, 15) is 14.9 Å². The van der Waals surface area contributed by atoms with E-state index in [0.717, 1.165) is 21.2 Å². The molecule has 0 radical (unpaired) electrons. The first-order chi connectivity index (χ1) is 13.5. The minimum atomic E-state index is -0.549. The minimum Gasteiger partial charge on any atom is -0.354 e. The van der Waals surface area contributed by atoms with Crippen molar-refractivity contribution in [2.24, 2.45) is 0 Å². The lowest BCUT2D eigenvalue weighted by Gasteiger charge is -2.20. The molecule has 1 aliphatic rings. The highest BCUT2D eigenvalue weighted by Gasteiger charge is 2.17. The van der Waals surface area contributed by atoms with E-state index in [2.05, 4.69) is 5.32 Å². The number of hydrogen-bond acceptors (Lipinski definition) is 5. The molecule has 0 bridgehead atoms. The van der Waals surface area contributed by atoms with Crippen LogP contribution in [0, 0.1) is 10.1 Å². The third kappa shape index (κ3) is 3.65. The van der Waals surface area contributed by atoms with E-state index in [1.807, 2.05) is 36.4 Å². The lowest BCUT2D eigenvalue weighted by Crippen LogP contribution is -2.02. The maximum absolute atomic E-state index is 12.6. The fourth-order valence-electron chi connectivity index (χ4n) is 2.83. The molecular formula is C21H13ClN2O3S. The van der Waals surface area contributed by atoms with Gasteiger partial charge in [-0.3, -0.25) is 14.9 Å². The van der Waals surface area contributed by atoms with Crippen LogP contribution in [0.2, 0.25) is 5.02 Å². The van der Waals surface area contributed by atoms with Crippen molar-refractivity contribution in [1.82, 2.24) is 0 Å². The summed E-state index contributed by atoms with van der Waals surface area (Å²) in [6.45, 7) is 0. The van der Waals surface area contributed by atoms with Crippen LogP contribution in [-0.4, -0.2) is 10.7 Å². The zero-order valence-corrected chi connectivity index (χ0v) is 16.0. The predicted octanol–water partition coefficient (Wildman–Crippen LogP) is 6.35. The Morgan fingerprint density at radius 2 is 1.82 bits per heavy atom. The van der Waals surface area contributed by atoms with Crippen molar-refractivity contribution in [3.63, 3.8) is 0 Å². The molecule has 0 spiro atoms. The number of rotatable bonds is 4. The molecule has 0 unspecified atom stereocenters. The molecule has 0 aliphatic carbocycles. The Kier molecular flexibility index (Phi) is 4.90. The molecule has 0 saturated carbocycles.